The van der Waals surface area contributed by atoms with Gasteiger partial charge < -0.3 is 5.11 Å². The van der Waals surface area contributed by atoms with Gasteiger partial charge in [0, 0.05) is 10.6 Å². The van der Waals surface area contributed by atoms with Crippen molar-refractivity contribution in [2.45, 2.75) is 20.4 Å². The first-order valence-electron chi connectivity index (χ1n) is 5.38. The van der Waals surface area contributed by atoms with E-state index in [1.807, 2.05) is 26.0 Å². The van der Waals surface area contributed by atoms with Gasteiger partial charge in [-0.2, -0.15) is 4.79 Å². The molecule has 88 valence electrons. The molecular formula is C12H17ClNO2+. The number of rotatable bonds is 4. The van der Waals surface area contributed by atoms with Gasteiger partial charge in [-0.25, -0.2) is 4.48 Å². The Morgan fingerprint density at radius 2 is 1.75 bits per heavy atom. The zero-order valence-electron chi connectivity index (χ0n) is 9.61. The van der Waals surface area contributed by atoms with E-state index in [0.29, 0.717) is 24.7 Å². The highest BCUT2D eigenvalue weighted by atomic mass is 35.5. The average molecular weight is 243 g/mol. The number of carboxylic acid groups (broad SMARTS) is 1. The SMILES string of the molecule is CC[N+](CC)(Cc1ccc(Cl)cc1)C(=O)O. The fourth-order valence-corrected chi connectivity index (χ4v) is 1.85. The number of benzene rings is 1. The maximum Gasteiger partial charge on any atom is 0.513 e. The number of hydrogen-bond acceptors (Lipinski definition) is 1. The van der Waals surface area contributed by atoms with Crippen LogP contribution in [0.15, 0.2) is 24.3 Å². The van der Waals surface area contributed by atoms with E-state index in [2.05, 4.69) is 0 Å². The second kappa shape index (κ2) is 5.32. The first-order chi connectivity index (χ1) is 7.54. The molecule has 16 heavy (non-hydrogen) atoms. The molecule has 1 aromatic rings. The van der Waals surface area contributed by atoms with Crippen LogP contribution in [0, 0.1) is 0 Å². The van der Waals surface area contributed by atoms with Crippen LogP contribution in [0.2, 0.25) is 5.02 Å². The van der Waals surface area contributed by atoms with E-state index in [0.717, 1.165) is 5.56 Å². The van der Waals surface area contributed by atoms with Crippen LogP contribution in [0.3, 0.4) is 0 Å². The molecule has 1 N–H and O–H groups in total. The van der Waals surface area contributed by atoms with Gasteiger partial charge in [-0.15, -0.1) is 0 Å². The molecule has 4 heteroatoms. The van der Waals surface area contributed by atoms with Crippen molar-refractivity contribution < 1.29 is 14.4 Å². The summed E-state index contributed by atoms with van der Waals surface area (Å²) < 4.78 is 0.0572. The number of nitrogens with zero attached hydrogens (tertiary/aromatic N) is 1. The standard InChI is InChI=1S/C12H16ClNO2/c1-3-14(4-2,12(15)16)9-10-5-7-11(13)8-6-10/h5-8H,3-4,9H2,1-2H3/p+1. The topological polar surface area (TPSA) is 37.3 Å². The van der Waals surface area contributed by atoms with E-state index < -0.39 is 6.09 Å². The Labute approximate surface area is 101 Å². The summed E-state index contributed by atoms with van der Waals surface area (Å²) >= 11 is 5.79. The molecule has 0 aliphatic carbocycles. The minimum atomic E-state index is -0.778. The first kappa shape index (κ1) is 13.0. The molecule has 0 atom stereocenters. The van der Waals surface area contributed by atoms with Crippen LogP contribution in [0.4, 0.5) is 4.79 Å². The molecule has 0 bridgehead atoms. The van der Waals surface area contributed by atoms with Gasteiger partial charge in [0.2, 0.25) is 0 Å². The summed E-state index contributed by atoms with van der Waals surface area (Å²) in [6.45, 7) is 5.45. The first-order valence-corrected chi connectivity index (χ1v) is 5.76. The molecule has 1 amide bonds. The Morgan fingerprint density at radius 1 is 1.25 bits per heavy atom. The molecule has 0 spiro atoms. The summed E-state index contributed by atoms with van der Waals surface area (Å²) in [5, 5.41) is 9.96. The molecule has 0 saturated carbocycles. The van der Waals surface area contributed by atoms with Crippen LogP contribution in [0.5, 0.6) is 0 Å². The highest BCUT2D eigenvalue weighted by Crippen LogP contribution is 2.17. The summed E-state index contributed by atoms with van der Waals surface area (Å²) in [7, 11) is 0. The third-order valence-electron chi connectivity index (χ3n) is 3.01. The largest absolute Gasteiger partial charge is 0.513 e. The van der Waals surface area contributed by atoms with Gasteiger partial charge in [0.1, 0.15) is 6.54 Å². The van der Waals surface area contributed by atoms with Crippen molar-refractivity contribution in [3.8, 4) is 0 Å². The Morgan fingerprint density at radius 3 is 2.12 bits per heavy atom. The van der Waals surface area contributed by atoms with Crippen molar-refractivity contribution in [3.05, 3.63) is 34.9 Å². The van der Waals surface area contributed by atoms with Crippen molar-refractivity contribution in [1.82, 2.24) is 0 Å². The van der Waals surface area contributed by atoms with Crippen molar-refractivity contribution in [1.29, 1.82) is 0 Å². The fourth-order valence-electron chi connectivity index (χ4n) is 1.72. The normalized spacial score (nSPS) is 11.4. The summed E-state index contributed by atoms with van der Waals surface area (Å²) in [5.74, 6) is 0. The predicted octanol–water partition coefficient (Wildman–Crippen LogP) is 3.37. The summed E-state index contributed by atoms with van der Waals surface area (Å²) in [4.78, 5) is 11.3. The maximum atomic E-state index is 11.3. The van der Waals surface area contributed by atoms with Gasteiger partial charge in [0.25, 0.3) is 0 Å². The monoisotopic (exact) mass is 242 g/mol. The van der Waals surface area contributed by atoms with E-state index in [4.69, 9.17) is 11.6 Å². The van der Waals surface area contributed by atoms with Crippen LogP contribution in [-0.4, -0.2) is 28.8 Å². The molecule has 1 aromatic carbocycles. The zero-order chi connectivity index (χ0) is 12.2. The average Bonchev–Trinajstić information content (AvgIpc) is 2.28. The van der Waals surface area contributed by atoms with Crippen molar-refractivity contribution in [2.24, 2.45) is 0 Å². The lowest BCUT2D eigenvalue weighted by Gasteiger charge is -2.30. The second-order valence-corrected chi connectivity index (χ2v) is 4.28. The molecule has 0 radical (unpaired) electrons. The van der Waals surface area contributed by atoms with Gasteiger partial charge in [-0.05, 0) is 26.0 Å². The Balaban J connectivity index is 2.91. The number of carbonyl (C=O) groups is 1. The molecule has 0 unspecified atom stereocenters. The summed E-state index contributed by atoms with van der Waals surface area (Å²) in [6.07, 6.45) is -0.778. The summed E-state index contributed by atoms with van der Waals surface area (Å²) in [5.41, 5.74) is 0.996. The lowest BCUT2D eigenvalue weighted by Crippen LogP contribution is -2.51. The smallest absolute Gasteiger partial charge is 0.435 e. The quantitative estimate of drug-likeness (QED) is 0.822. The molecule has 0 heterocycles. The molecule has 3 nitrogen and oxygen atoms in total. The Bertz CT molecular complexity index is 358. The number of amides is 1. The van der Waals surface area contributed by atoms with E-state index >= 15 is 0 Å². The molecule has 1 rings (SSSR count). The van der Waals surface area contributed by atoms with E-state index in [1.54, 1.807) is 12.1 Å². The highest BCUT2D eigenvalue weighted by Gasteiger charge is 2.33. The number of hydrogen-bond donors (Lipinski definition) is 1. The zero-order valence-corrected chi connectivity index (χ0v) is 10.4. The summed E-state index contributed by atoms with van der Waals surface area (Å²) in [6, 6.07) is 7.34. The Kier molecular flexibility index (Phi) is 4.33. The van der Waals surface area contributed by atoms with Gasteiger partial charge in [-0.1, -0.05) is 23.7 Å². The highest BCUT2D eigenvalue weighted by molar-refractivity contribution is 6.30. The van der Waals surface area contributed by atoms with Gasteiger partial charge in [-0.3, -0.25) is 0 Å². The molecule has 0 saturated heterocycles. The minimum Gasteiger partial charge on any atom is -0.435 e. The third kappa shape index (κ3) is 2.74. The molecule has 0 aliphatic heterocycles. The molecular weight excluding hydrogens is 226 g/mol. The van der Waals surface area contributed by atoms with E-state index in [-0.39, 0.29) is 4.48 Å². The lowest BCUT2D eigenvalue weighted by molar-refractivity contribution is -0.867. The van der Waals surface area contributed by atoms with Gasteiger partial charge in [0.15, 0.2) is 0 Å². The third-order valence-corrected chi connectivity index (χ3v) is 3.27. The van der Waals surface area contributed by atoms with E-state index in [1.165, 1.54) is 0 Å². The van der Waals surface area contributed by atoms with E-state index in [9.17, 15) is 9.90 Å². The molecule has 0 aliphatic rings. The number of quaternary nitrogens is 1. The Hall–Kier alpha value is -1.06. The minimum absolute atomic E-state index is 0.0572. The van der Waals surface area contributed by atoms with Crippen LogP contribution < -0.4 is 0 Å². The van der Waals surface area contributed by atoms with Crippen molar-refractivity contribution in [2.75, 3.05) is 13.1 Å². The van der Waals surface area contributed by atoms with Crippen LogP contribution in [-0.2, 0) is 6.54 Å². The van der Waals surface area contributed by atoms with Gasteiger partial charge >= 0.3 is 6.09 Å². The van der Waals surface area contributed by atoms with Crippen LogP contribution in [0.1, 0.15) is 19.4 Å². The van der Waals surface area contributed by atoms with Crippen molar-refractivity contribution >= 4 is 17.7 Å². The maximum absolute atomic E-state index is 11.3. The second-order valence-electron chi connectivity index (χ2n) is 3.84. The van der Waals surface area contributed by atoms with Crippen LogP contribution in [0.25, 0.3) is 0 Å². The van der Waals surface area contributed by atoms with Gasteiger partial charge in [0.05, 0.1) is 13.1 Å². The van der Waals surface area contributed by atoms with Crippen molar-refractivity contribution in [3.63, 3.8) is 0 Å². The number of halogens is 1. The fraction of sp³-hybridized carbons (Fsp3) is 0.417. The molecule has 0 fully saturated rings. The van der Waals surface area contributed by atoms with Crippen LogP contribution >= 0.6 is 11.6 Å². The molecule has 0 aromatic heterocycles. The lowest BCUT2D eigenvalue weighted by atomic mass is 10.2. The predicted molar refractivity (Wildman–Crippen MR) is 64.5 cm³/mol.